The SMILES string of the molecule is CCOC(=O)/C=C1/C(=O)N(Cc2ccccc2)c2ccc(I)cc21. The number of carbonyl (C=O) groups excluding carboxylic acids is 2. The molecule has 0 bridgehead atoms. The molecular weight excluding hydrogens is 417 g/mol. The Balaban J connectivity index is 2.01. The van der Waals surface area contributed by atoms with Crippen LogP contribution in [0.5, 0.6) is 0 Å². The van der Waals surface area contributed by atoms with Crippen molar-refractivity contribution in [3.8, 4) is 0 Å². The second kappa shape index (κ2) is 7.17. The van der Waals surface area contributed by atoms with E-state index in [0.29, 0.717) is 12.1 Å². The highest BCUT2D eigenvalue weighted by Gasteiger charge is 2.33. The molecule has 4 nitrogen and oxygen atoms in total. The number of esters is 1. The van der Waals surface area contributed by atoms with Gasteiger partial charge in [-0.1, -0.05) is 30.3 Å². The Bertz CT molecular complexity index is 815. The fourth-order valence-corrected chi connectivity index (χ4v) is 3.18. The van der Waals surface area contributed by atoms with Crippen LogP contribution in [0.4, 0.5) is 5.69 Å². The zero-order chi connectivity index (χ0) is 17.1. The lowest BCUT2D eigenvalue weighted by Crippen LogP contribution is -2.25. The van der Waals surface area contributed by atoms with Crippen molar-refractivity contribution in [2.75, 3.05) is 11.5 Å². The van der Waals surface area contributed by atoms with Crippen LogP contribution in [0.2, 0.25) is 0 Å². The van der Waals surface area contributed by atoms with Gasteiger partial charge in [-0.3, -0.25) is 4.79 Å². The number of hydrogen-bond donors (Lipinski definition) is 0. The molecule has 3 rings (SSSR count). The van der Waals surface area contributed by atoms with E-state index in [-0.39, 0.29) is 12.5 Å². The van der Waals surface area contributed by atoms with Gasteiger partial charge in [0, 0.05) is 15.2 Å². The van der Waals surface area contributed by atoms with E-state index in [9.17, 15) is 9.59 Å². The lowest BCUT2D eigenvalue weighted by Gasteiger charge is -2.17. The predicted molar refractivity (Wildman–Crippen MR) is 101 cm³/mol. The van der Waals surface area contributed by atoms with Crippen LogP contribution < -0.4 is 4.90 Å². The maximum Gasteiger partial charge on any atom is 0.331 e. The largest absolute Gasteiger partial charge is 0.463 e. The normalized spacial score (nSPS) is 14.8. The first-order chi connectivity index (χ1) is 11.6. The minimum Gasteiger partial charge on any atom is -0.463 e. The van der Waals surface area contributed by atoms with E-state index in [0.717, 1.165) is 20.4 Å². The number of benzene rings is 2. The minimum atomic E-state index is -0.493. The molecule has 1 aliphatic rings. The molecule has 1 amide bonds. The summed E-state index contributed by atoms with van der Waals surface area (Å²) in [4.78, 5) is 26.4. The van der Waals surface area contributed by atoms with Gasteiger partial charge in [-0.05, 0) is 53.3 Å². The zero-order valence-electron chi connectivity index (χ0n) is 13.2. The average molecular weight is 433 g/mol. The Hall–Kier alpha value is -2.15. The molecule has 1 heterocycles. The molecule has 0 fully saturated rings. The Kier molecular flexibility index (Phi) is 4.99. The maximum atomic E-state index is 12.9. The number of rotatable bonds is 4. The molecule has 2 aromatic rings. The highest BCUT2D eigenvalue weighted by Crippen LogP contribution is 2.38. The second-order valence-corrected chi connectivity index (χ2v) is 6.59. The summed E-state index contributed by atoms with van der Waals surface area (Å²) in [6.45, 7) is 2.49. The molecule has 0 N–H and O–H groups in total. The summed E-state index contributed by atoms with van der Waals surface area (Å²) in [5.74, 6) is -0.670. The summed E-state index contributed by atoms with van der Waals surface area (Å²) in [6, 6.07) is 15.6. The third-order valence-electron chi connectivity index (χ3n) is 3.75. The average Bonchev–Trinajstić information content (AvgIpc) is 2.81. The molecule has 2 aromatic carbocycles. The molecule has 5 heteroatoms. The Morgan fingerprint density at radius 3 is 2.67 bits per heavy atom. The molecular formula is C19H16INO3. The van der Waals surface area contributed by atoms with E-state index in [1.54, 1.807) is 11.8 Å². The number of amides is 1. The molecule has 0 atom stereocenters. The molecule has 0 spiro atoms. The van der Waals surface area contributed by atoms with Gasteiger partial charge in [0.2, 0.25) is 0 Å². The second-order valence-electron chi connectivity index (χ2n) is 5.35. The van der Waals surface area contributed by atoms with Crippen molar-refractivity contribution in [1.29, 1.82) is 0 Å². The molecule has 0 radical (unpaired) electrons. The molecule has 0 saturated carbocycles. The lowest BCUT2D eigenvalue weighted by molar-refractivity contribution is -0.137. The van der Waals surface area contributed by atoms with Gasteiger partial charge in [0.25, 0.3) is 5.91 Å². The van der Waals surface area contributed by atoms with Gasteiger partial charge in [0.15, 0.2) is 0 Å². The third kappa shape index (κ3) is 3.36. The Morgan fingerprint density at radius 2 is 1.96 bits per heavy atom. The molecule has 0 aliphatic carbocycles. The smallest absolute Gasteiger partial charge is 0.331 e. The van der Waals surface area contributed by atoms with Crippen molar-refractivity contribution in [3.05, 3.63) is 69.3 Å². The van der Waals surface area contributed by atoms with Gasteiger partial charge >= 0.3 is 5.97 Å². The number of ether oxygens (including phenoxy) is 1. The number of carbonyl (C=O) groups is 2. The fourth-order valence-electron chi connectivity index (χ4n) is 2.69. The standard InChI is InChI=1S/C19H16INO3/c1-2-24-18(22)11-16-15-10-14(20)8-9-17(15)21(19(16)23)12-13-6-4-3-5-7-13/h3-11H,2,12H2,1H3/b16-11+. The van der Waals surface area contributed by atoms with Crippen molar-refractivity contribution in [1.82, 2.24) is 0 Å². The van der Waals surface area contributed by atoms with Crippen LogP contribution in [-0.4, -0.2) is 18.5 Å². The molecule has 1 aliphatic heterocycles. The summed E-state index contributed by atoms with van der Waals surface area (Å²) >= 11 is 2.20. The van der Waals surface area contributed by atoms with Gasteiger partial charge < -0.3 is 9.64 Å². The van der Waals surface area contributed by atoms with E-state index >= 15 is 0 Å². The number of nitrogens with zero attached hydrogens (tertiary/aromatic N) is 1. The summed E-state index contributed by atoms with van der Waals surface area (Å²) in [6.07, 6.45) is 1.30. The fraction of sp³-hybridized carbons (Fsp3) is 0.158. The number of halogens is 1. The first-order valence-corrected chi connectivity index (χ1v) is 8.72. The van der Waals surface area contributed by atoms with Crippen LogP contribution in [0.1, 0.15) is 18.1 Å². The summed E-state index contributed by atoms with van der Waals surface area (Å²) in [5.41, 5.74) is 3.02. The summed E-state index contributed by atoms with van der Waals surface area (Å²) < 4.78 is 5.97. The van der Waals surface area contributed by atoms with Gasteiger partial charge in [0.05, 0.1) is 24.4 Å². The predicted octanol–water partition coefficient (Wildman–Crippen LogP) is 3.78. The van der Waals surface area contributed by atoms with E-state index in [2.05, 4.69) is 22.6 Å². The number of hydrogen-bond acceptors (Lipinski definition) is 3. The quantitative estimate of drug-likeness (QED) is 0.419. The molecule has 0 aromatic heterocycles. The van der Waals surface area contributed by atoms with Crippen LogP contribution in [0.25, 0.3) is 5.57 Å². The van der Waals surface area contributed by atoms with E-state index < -0.39 is 5.97 Å². The Morgan fingerprint density at radius 1 is 1.21 bits per heavy atom. The maximum absolute atomic E-state index is 12.9. The van der Waals surface area contributed by atoms with E-state index in [1.165, 1.54) is 6.08 Å². The topological polar surface area (TPSA) is 46.6 Å². The van der Waals surface area contributed by atoms with Crippen LogP contribution in [0, 0.1) is 3.57 Å². The van der Waals surface area contributed by atoms with Gasteiger partial charge in [-0.25, -0.2) is 4.79 Å². The first kappa shape index (κ1) is 16.7. The molecule has 0 saturated heterocycles. The van der Waals surface area contributed by atoms with Crippen molar-refractivity contribution >= 4 is 45.7 Å². The van der Waals surface area contributed by atoms with E-state index in [4.69, 9.17) is 4.74 Å². The van der Waals surface area contributed by atoms with Crippen LogP contribution >= 0.6 is 22.6 Å². The van der Waals surface area contributed by atoms with Crippen LogP contribution in [-0.2, 0) is 20.9 Å². The van der Waals surface area contributed by atoms with E-state index in [1.807, 2.05) is 48.5 Å². The molecule has 122 valence electrons. The first-order valence-electron chi connectivity index (χ1n) is 7.64. The third-order valence-corrected chi connectivity index (χ3v) is 4.42. The lowest BCUT2D eigenvalue weighted by atomic mass is 10.1. The summed E-state index contributed by atoms with van der Waals surface area (Å²) in [5, 5.41) is 0. The van der Waals surface area contributed by atoms with Gasteiger partial charge in [-0.15, -0.1) is 0 Å². The number of anilines is 1. The summed E-state index contributed by atoms with van der Waals surface area (Å²) in [7, 11) is 0. The number of fused-ring (bicyclic) bond motifs is 1. The van der Waals surface area contributed by atoms with Gasteiger partial charge in [0.1, 0.15) is 0 Å². The highest BCUT2D eigenvalue weighted by molar-refractivity contribution is 14.1. The zero-order valence-corrected chi connectivity index (χ0v) is 15.3. The molecule has 0 unspecified atom stereocenters. The monoisotopic (exact) mass is 433 g/mol. The van der Waals surface area contributed by atoms with Crippen molar-refractivity contribution in [3.63, 3.8) is 0 Å². The minimum absolute atomic E-state index is 0.177. The van der Waals surface area contributed by atoms with Crippen molar-refractivity contribution < 1.29 is 14.3 Å². The highest BCUT2D eigenvalue weighted by atomic mass is 127. The van der Waals surface area contributed by atoms with Gasteiger partial charge in [-0.2, -0.15) is 0 Å². The Labute approximate surface area is 154 Å². The van der Waals surface area contributed by atoms with Crippen LogP contribution in [0.3, 0.4) is 0 Å². The molecule has 24 heavy (non-hydrogen) atoms. The van der Waals surface area contributed by atoms with Crippen LogP contribution in [0.15, 0.2) is 54.6 Å². The van der Waals surface area contributed by atoms with Crippen molar-refractivity contribution in [2.24, 2.45) is 0 Å². The van der Waals surface area contributed by atoms with Crippen molar-refractivity contribution in [2.45, 2.75) is 13.5 Å².